The van der Waals surface area contributed by atoms with Crippen LogP contribution in [-0.2, 0) is 12.0 Å². The Kier molecular flexibility index (Phi) is 5.40. The maximum Gasteiger partial charge on any atom is 0.306 e. The molecule has 3 aliphatic rings. The van der Waals surface area contributed by atoms with Crippen LogP contribution in [-0.4, -0.2) is 30.1 Å². The lowest BCUT2D eigenvalue weighted by Gasteiger charge is -2.51. The second-order valence-corrected chi connectivity index (χ2v) is 10.8. The van der Waals surface area contributed by atoms with Gasteiger partial charge >= 0.3 is 6.01 Å². The minimum absolute atomic E-state index is 0.0751. The van der Waals surface area contributed by atoms with Crippen molar-refractivity contribution in [1.82, 2.24) is 24.5 Å². The van der Waals surface area contributed by atoms with Gasteiger partial charge in [-0.1, -0.05) is 30.4 Å². The zero-order valence-electron chi connectivity index (χ0n) is 20.0. The summed E-state index contributed by atoms with van der Waals surface area (Å²) in [6, 6.07) is 8.03. The second-order valence-electron chi connectivity index (χ2n) is 9.92. The van der Waals surface area contributed by atoms with Crippen LogP contribution in [0.1, 0.15) is 63.3 Å². The third-order valence-corrected chi connectivity index (χ3v) is 8.26. The van der Waals surface area contributed by atoms with E-state index in [9.17, 15) is 4.79 Å². The number of fused-ring (bicyclic) bond motifs is 4. The summed E-state index contributed by atoms with van der Waals surface area (Å²) >= 11 is 1.55. The summed E-state index contributed by atoms with van der Waals surface area (Å²) in [5.74, 6) is 1.53. The molecule has 3 saturated carbocycles. The SMILES string of the molecule is CCCn1c(Oc2cccc(C)c2)nc2nc(C34CCC(Oc5nccs5)(CC3)CC4)[nH]c2c1=O. The number of aromatic nitrogens is 5. The molecule has 4 aromatic rings. The molecule has 8 nitrogen and oxygen atoms in total. The molecule has 1 N–H and O–H groups in total. The van der Waals surface area contributed by atoms with Gasteiger partial charge in [0.1, 0.15) is 17.2 Å². The van der Waals surface area contributed by atoms with Gasteiger partial charge in [-0.05, 0) is 69.6 Å². The predicted molar refractivity (Wildman–Crippen MR) is 135 cm³/mol. The van der Waals surface area contributed by atoms with Crippen molar-refractivity contribution in [3.63, 3.8) is 0 Å². The van der Waals surface area contributed by atoms with Crippen molar-refractivity contribution in [2.45, 2.75) is 76.4 Å². The van der Waals surface area contributed by atoms with E-state index in [1.165, 1.54) is 0 Å². The Morgan fingerprint density at radius 3 is 2.63 bits per heavy atom. The number of nitrogens with one attached hydrogen (secondary N) is 1. The van der Waals surface area contributed by atoms with Crippen molar-refractivity contribution in [2.75, 3.05) is 0 Å². The van der Waals surface area contributed by atoms with E-state index in [4.69, 9.17) is 19.4 Å². The molecule has 9 heteroatoms. The minimum Gasteiger partial charge on any atom is -0.463 e. The molecule has 3 fully saturated rings. The number of thiazole rings is 1. The first kappa shape index (κ1) is 22.3. The van der Waals surface area contributed by atoms with Crippen molar-refractivity contribution in [3.05, 3.63) is 57.6 Å². The van der Waals surface area contributed by atoms with E-state index in [0.717, 1.165) is 61.5 Å². The highest BCUT2D eigenvalue weighted by Gasteiger charge is 2.52. The highest BCUT2D eigenvalue weighted by Crippen LogP contribution is 2.54. The molecule has 0 amide bonds. The zero-order valence-corrected chi connectivity index (χ0v) is 20.9. The second kappa shape index (κ2) is 8.48. The van der Waals surface area contributed by atoms with E-state index < -0.39 is 0 Å². The van der Waals surface area contributed by atoms with Crippen LogP contribution in [0, 0.1) is 6.92 Å². The van der Waals surface area contributed by atoms with Crippen LogP contribution in [0.3, 0.4) is 0 Å². The molecule has 3 aromatic heterocycles. The highest BCUT2D eigenvalue weighted by molar-refractivity contribution is 7.11. The lowest BCUT2D eigenvalue weighted by Crippen LogP contribution is -2.51. The number of rotatable bonds is 7. The van der Waals surface area contributed by atoms with Crippen molar-refractivity contribution in [2.24, 2.45) is 0 Å². The zero-order chi connectivity index (χ0) is 24.0. The first-order chi connectivity index (χ1) is 17.0. The number of imidazole rings is 1. The third kappa shape index (κ3) is 3.91. The number of ether oxygens (including phenoxy) is 2. The summed E-state index contributed by atoms with van der Waals surface area (Å²) < 4.78 is 14.0. The average molecular weight is 492 g/mol. The van der Waals surface area contributed by atoms with E-state index in [-0.39, 0.29) is 22.6 Å². The van der Waals surface area contributed by atoms with Crippen molar-refractivity contribution >= 4 is 22.5 Å². The van der Waals surface area contributed by atoms with Crippen LogP contribution in [0.2, 0.25) is 0 Å². The van der Waals surface area contributed by atoms with Gasteiger partial charge in [0.15, 0.2) is 11.2 Å². The maximum atomic E-state index is 13.5. The summed E-state index contributed by atoms with van der Waals surface area (Å²) in [5, 5.41) is 2.70. The average Bonchev–Trinajstić information content (AvgIpc) is 3.53. The lowest BCUT2D eigenvalue weighted by atomic mass is 9.58. The van der Waals surface area contributed by atoms with E-state index in [1.807, 2.05) is 43.5 Å². The van der Waals surface area contributed by atoms with Crippen molar-refractivity contribution in [3.8, 4) is 17.0 Å². The fourth-order valence-corrected chi connectivity index (χ4v) is 6.19. The van der Waals surface area contributed by atoms with Gasteiger partial charge in [-0.3, -0.25) is 9.36 Å². The molecule has 2 bridgehead atoms. The largest absolute Gasteiger partial charge is 0.463 e. The Bertz CT molecular complexity index is 1400. The van der Waals surface area contributed by atoms with Gasteiger partial charge in [0.05, 0.1) is 0 Å². The van der Waals surface area contributed by atoms with Gasteiger partial charge in [-0.15, -0.1) is 0 Å². The van der Waals surface area contributed by atoms with E-state index in [0.29, 0.717) is 23.5 Å². The Labute approximate surface area is 207 Å². The summed E-state index contributed by atoms with van der Waals surface area (Å²) in [6.07, 6.45) is 8.35. The molecule has 182 valence electrons. The topological polar surface area (TPSA) is 94.9 Å². The molecule has 3 heterocycles. The molecule has 0 atom stereocenters. The fourth-order valence-electron chi connectivity index (χ4n) is 5.61. The van der Waals surface area contributed by atoms with Crippen LogP contribution >= 0.6 is 11.3 Å². The van der Waals surface area contributed by atoms with Gasteiger partial charge in [-0.2, -0.15) is 4.98 Å². The number of H-pyrrole nitrogens is 1. The number of hydrogen-bond donors (Lipinski definition) is 1. The van der Waals surface area contributed by atoms with Crippen LogP contribution in [0.5, 0.6) is 17.0 Å². The molecule has 0 saturated heterocycles. The summed E-state index contributed by atoms with van der Waals surface area (Å²) in [7, 11) is 0. The quantitative estimate of drug-likeness (QED) is 0.366. The molecule has 0 unspecified atom stereocenters. The predicted octanol–water partition coefficient (Wildman–Crippen LogP) is 5.51. The van der Waals surface area contributed by atoms with E-state index in [2.05, 4.69) is 9.97 Å². The molecule has 0 radical (unpaired) electrons. The molecule has 3 aliphatic carbocycles. The maximum absolute atomic E-state index is 13.5. The molecule has 35 heavy (non-hydrogen) atoms. The first-order valence-electron chi connectivity index (χ1n) is 12.3. The van der Waals surface area contributed by atoms with Gasteiger partial charge in [0.25, 0.3) is 10.8 Å². The molecule has 7 rings (SSSR count). The van der Waals surface area contributed by atoms with Crippen LogP contribution in [0.4, 0.5) is 0 Å². The number of nitrogens with zero attached hydrogens (tertiary/aromatic N) is 4. The molecular formula is C26H29N5O3S. The fraction of sp³-hybridized carbons (Fsp3) is 0.462. The van der Waals surface area contributed by atoms with E-state index >= 15 is 0 Å². The normalized spacial score (nSPS) is 23.6. The smallest absolute Gasteiger partial charge is 0.306 e. The highest BCUT2D eigenvalue weighted by atomic mass is 32.1. The van der Waals surface area contributed by atoms with Gasteiger partial charge in [0.2, 0.25) is 0 Å². The van der Waals surface area contributed by atoms with Gasteiger partial charge in [-0.25, -0.2) is 9.97 Å². The summed E-state index contributed by atoms with van der Waals surface area (Å²) in [4.78, 5) is 30.8. The lowest BCUT2D eigenvalue weighted by molar-refractivity contribution is -0.0475. The molecule has 0 aliphatic heterocycles. The summed E-state index contributed by atoms with van der Waals surface area (Å²) in [6.45, 7) is 4.57. The third-order valence-electron chi connectivity index (χ3n) is 7.62. The van der Waals surface area contributed by atoms with Crippen LogP contribution < -0.4 is 15.0 Å². The molecule has 0 spiro atoms. The summed E-state index contributed by atoms with van der Waals surface area (Å²) in [5.41, 5.74) is 1.62. The van der Waals surface area contributed by atoms with Crippen molar-refractivity contribution in [1.29, 1.82) is 0 Å². The Balaban J connectivity index is 1.32. The number of aromatic amines is 1. The Morgan fingerprint density at radius 1 is 1.14 bits per heavy atom. The molecular weight excluding hydrogens is 462 g/mol. The first-order valence-corrected chi connectivity index (χ1v) is 13.2. The van der Waals surface area contributed by atoms with Crippen molar-refractivity contribution < 1.29 is 9.47 Å². The number of hydrogen-bond acceptors (Lipinski definition) is 7. The van der Waals surface area contributed by atoms with Gasteiger partial charge < -0.3 is 14.5 Å². The number of aryl methyl sites for hydroxylation is 1. The Morgan fingerprint density at radius 2 is 1.94 bits per heavy atom. The molecule has 1 aromatic carbocycles. The monoisotopic (exact) mass is 491 g/mol. The Hall–Kier alpha value is -3.20. The van der Waals surface area contributed by atoms with Gasteiger partial charge in [0, 0.05) is 23.5 Å². The van der Waals surface area contributed by atoms with Crippen LogP contribution in [0.15, 0.2) is 40.6 Å². The van der Waals surface area contributed by atoms with E-state index in [1.54, 1.807) is 22.1 Å². The minimum atomic E-state index is -0.136. The number of benzene rings is 1. The standard InChI is InChI=1S/C26H29N5O3S/c1-3-14-31-21(32)19-20(30-23(31)33-18-6-4-5-17(2)16-18)29-22(28-19)25-7-10-26(11-8-25,12-9-25)34-24-27-13-15-35-24/h4-6,13,15-16H,3,7-12,14H2,1-2H3,(H,28,29). The van der Waals surface area contributed by atoms with Crippen LogP contribution in [0.25, 0.3) is 11.2 Å².